The number of aromatic nitrogens is 4. The Balaban J connectivity index is 0.00000272. The van der Waals surface area contributed by atoms with Gasteiger partial charge in [-0.1, -0.05) is 6.07 Å². The highest BCUT2D eigenvalue weighted by Crippen LogP contribution is 2.30. The van der Waals surface area contributed by atoms with Crippen molar-refractivity contribution in [3.63, 3.8) is 0 Å². The fourth-order valence-corrected chi connectivity index (χ4v) is 3.63. The minimum Gasteiger partial charge on any atom is -0.351 e. The van der Waals surface area contributed by atoms with Crippen molar-refractivity contribution in [3.05, 3.63) is 66.6 Å². The third-order valence-corrected chi connectivity index (χ3v) is 5.39. The predicted molar refractivity (Wildman–Crippen MR) is 118 cm³/mol. The quantitative estimate of drug-likeness (QED) is 0.435. The lowest BCUT2D eigenvalue weighted by Gasteiger charge is -2.12. The maximum Gasteiger partial charge on any atom is 0.416 e. The molecule has 0 atom stereocenters. The van der Waals surface area contributed by atoms with Crippen molar-refractivity contribution < 1.29 is 26.4 Å². The highest BCUT2D eigenvalue weighted by Gasteiger charge is 2.32. The number of amides is 1. The summed E-state index contributed by atoms with van der Waals surface area (Å²) in [6, 6.07) is 3.23. The average Bonchev–Trinajstić information content (AvgIpc) is 3.24. The van der Waals surface area contributed by atoms with E-state index in [1.807, 2.05) is 9.29 Å². The van der Waals surface area contributed by atoms with Crippen LogP contribution in [0.1, 0.15) is 22.5 Å². The zero-order chi connectivity index (χ0) is 22.5. The monoisotopic (exact) mass is 526 g/mol. The molecule has 1 aromatic carbocycles. The van der Waals surface area contributed by atoms with E-state index in [4.69, 9.17) is 0 Å². The average molecular weight is 527 g/mol. The van der Waals surface area contributed by atoms with Crippen LogP contribution < -0.4 is 10.0 Å². The van der Waals surface area contributed by atoms with Gasteiger partial charge in [-0.25, -0.2) is 23.4 Å². The van der Waals surface area contributed by atoms with E-state index in [2.05, 4.69) is 20.3 Å². The molecule has 33 heavy (non-hydrogen) atoms. The second-order valence-electron chi connectivity index (χ2n) is 6.29. The number of imidazole rings is 1. The summed E-state index contributed by atoms with van der Waals surface area (Å²) in [5.74, 6) is -1.08. The Bertz CT molecular complexity index is 1160. The lowest BCUT2D eigenvalue weighted by Crippen LogP contribution is -2.28. The van der Waals surface area contributed by atoms with E-state index < -0.39 is 38.4 Å². The van der Waals surface area contributed by atoms with Crippen molar-refractivity contribution in [1.29, 1.82) is 0 Å². The second kappa shape index (κ2) is 11.8. The fraction of sp³-hybridized carbons (Fsp3) is 0.222. The predicted octanol–water partition coefficient (Wildman–Crippen LogP) is 3.16. The Morgan fingerprint density at radius 1 is 1.09 bits per heavy atom. The van der Waals surface area contributed by atoms with Crippen LogP contribution >= 0.6 is 24.8 Å². The van der Waals surface area contributed by atoms with Crippen LogP contribution in [0.3, 0.4) is 0 Å². The Hall–Kier alpha value is -2.90. The van der Waals surface area contributed by atoms with Crippen LogP contribution in [0.2, 0.25) is 0 Å². The molecule has 0 saturated carbocycles. The Morgan fingerprint density at radius 3 is 2.48 bits per heavy atom. The largest absolute Gasteiger partial charge is 0.416 e. The number of nitrogens with zero attached hydrogens (tertiary/aromatic N) is 4. The first-order chi connectivity index (χ1) is 14.7. The molecular weight excluding hydrogens is 508 g/mol. The molecule has 0 aliphatic carbocycles. The molecule has 2 N–H and O–H groups in total. The Labute approximate surface area is 199 Å². The first kappa shape index (κ1) is 28.1. The molecule has 0 unspecified atom stereocenters. The summed E-state index contributed by atoms with van der Waals surface area (Å²) in [4.78, 5) is 23.3. The number of sulfonamides is 1. The normalized spacial score (nSPS) is 11.1. The summed E-state index contributed by atoms with van der Waals surface area (Å²) in [7, 11) is -4.45. The number of nitrogens with one attached hydrogen (secondary N) is 2. The van der Waals surface area contributed by atoms with Crippen LogP contribution in [0.15, 0.2) is 60.3 Å². The summed E-state index contributed by atoms with van der Waals surface area (Å²) in [5, 5.41) is 2.60. The van der Waals surface area contributed by atoms with Crippen molar-refractivity contribution in [1.82, 2.24) is 24.8 Å². The molecule has 0 aliphatic rings. The SMILES string of the molecule is Cl.Cl.O=C(NCCCn1ccnc1)c1nccnc1NS(=O)(=O)c1cccc(C(F)(F)F)c1. The van der Waals surface area contributed by atoms with Crippen LogP contribution in [0.4, 0.5) is 19.0 Å². The molecule has 9 nitrogen and oxygen atoms in total. The van der Waals surface area contributed by atoms with Gasteiger partial charge in [0.25, 0.3) is 15.9 Å². The molecule has 0 radical (unpaired) electrons. The minimum atomic E-state index is -4.71. The zero-order valence-corrected chi connectivity index (χ0v) is 19.1. The molecule has 0 fully saturated rings. The van der Waals surface area contributed by atoms with Gasteiger partial charge in [0.15, 0.2) is 11.5 Å². The lowest BCUT2D eigenvalue weighted by molar-refractivity contribution is -0.137. The summed E-state index contributed by atoms with van der Waals surface area (Å²) in [6.07, 6.45) is 3.24. The molecule has 0 aliphatic heterocycles. The highest BCUT2D eigenvalue weighted by atomic mass is 35.5. The Kier molecular flexibility index (Phi) is 10.1. The maximum absolute atomic E-state index is 12.9. The van der Waals surface area contributed by atoms with Crippen molar-refractivity contribution in [2.75, 3.05) is 11.3 Å². The van der Waals surface area contributed by atoms with E-state index >= 15 is 0 Å². The van der Waals surface area contributed by atoms with Gasteiger partial charge in [-0.2, -0.15) is 13.2 Å². The molecule has 3 rings (SSSR count). The number of benzene rings is 1. The van der Waals surface area contributed by atoms with Gasteiger partial charge in [0.2, 0.25) is 0 Å². The van der Waals surface area contributed by atoms with Gasteiger partial charge in [-0.05, 0) is 24.6 Å². The summed E-state index contributed by atoms with van der Waals surface area (Å²) >= 11 is 0. The molecular formula is C18H19Cl2F3N6O3S. The van der Waals surface area contributed by atoms with Crippen molar-refractivity contribution in [2.45, 2.75) is 24.0 Å². The third kappa shape index (κ3) is 7.58. The number of carbonyl (C=O) groups excluding carboxylic acids is 1. The number of hydrogen-bond donors (Lipinski definition) is 2. The molecule has 3 aromatic rings. The first-order valence-corrected chi connectivity index (χ1v) is 10.4. The standard InChI is InChI=1S/C18H17F3N6O3S.2ClH/c19-18(20,21)13-3-1-4-14(11-13)31(29,30)26-16-15(23-6-7-24-16)17(28)25-5-2-9-27-10-8-22-12-27;;/h1,3-4,6-8,10-12H,2,5,9H2,(H,24,26)(H,25,28);2*1H. The number of halogens is 5. The molecule has 0 bridgehead atoms. The van der Waals surface area contributed by atoms with Gasteiger partial charge in [0.1, 0.15) is 0 Å². The number of alkyl halides is 3. The molecule has 2 heterocycles. The molecule has 0 spiro atoms. The lowest BCUT2D eigenvalue weighted by atomic mass is 10.2. The molecule has 15 heteroatoms. The van der Waals surface area contributed by atoms with Crippen molar-refractivity contribution in [2.24, 2.45) is 0 Å². The zero-order valence-electron chi connectivity index (χ0n) is 16.7. The van der Waals surface area contributed by atoms with Gasteiger partial charge < -0.3 is 9.88 Å². The molecule has 180 valence electrons. The van der Waals surface area contributed by atoms with Crippen molar-refractivity contribution >= 4 is 46.6 Å². The third-order valence-electron chi connectivity index (χ3n) is 4.05. The molecule has 2 aromatic heterocycles. The topological polar surface area (TPSA) is 119 Å². The fourth-order valence-electron chi connectivity index (χ4n) is 2.57. The van der Waals surface area contributed by atoms with Gasteiger partial charge in [0.05, 0.1) is 16.8 Å². The first-order valence-electron chi connectivity index (χ1n) is 8.92. The smallest absolute Gasteiger partial charge is 0.351 e. The van der Waals surface area contributed by atoms with E-state index in [0.717, 1.165) is 24.4 Å². The minimum absolute atomic E-state index is 0. The van der Waals surface area contributed by atoms with E-state index in [-0.39, 0.29) is 37.1 Å². The maximum atomic E-state index is 12.9. The summed E-state index contributed by atoms with van der Waals surface area (Å²) in [6.45, 7) is 0.878. The van der Waals surface area contributed by atoms with Crippen LogP contribution in [-0.2, 0) is 22.7 Å². The summed E-state index contributed by atoms with van der Waals surface area (Å²) < 4.78 is 67.7. The number of rotatable bonds is 8. The van der Waals surface area contributed by atoms with E-state index in [0.29, 0.717) is 19.0 Å². The van der Waals surface area contributed by atoms with E-state index in [9.17, 15) is 26.4 Å². The van der Waals surface area contributed by atoms with Gasteiger partial charge in [-0.15, -0.1) is 24.8 Å². The molecule has 0 saturated heterocycles. The Morgan fingerprint density at radius 2 is 1.82 bits per heavy atom. The van der Waals surface area contributed by atoms with Gasteiger partial charge >= 0.3 is 6.18 Å². The van der Waals surface area contributed by atoms with Crippen molar-refractivity contribution in [3.8, 4) is 0 Å². The number of anilines is 1. The number of aryl methyl sites for hydroxylation is 1. The summed E-state index contributed by atoms with van der Waals surface area (Å²) in [5.41, 5.74) is -1.42. The van der Waals surface area contributed by atoms with Crippen LogP contribution in [0.5, 0.6) is 0 Å². The van der Waals surface area contributed by atoms with E-state index in [1.54, 1.807) is 18.7 Å². The van der Waals surface area contributed by atoms with Crippen LogP contribution in [0, 0.1) is 0 Å². The number of carbonyl (C=O) groups is 1. The highest BCUT2D eigenvalue weighted by molar-refractivity contribution is 7.92. The van der Waals surface area contributed by atoms with Gasteiger partial charge in [-0.3, -0.25) is 9.52 Å². The molecule has 1 amide bonds. The van der Waals surface area contributed by atoms with Crippen LogP contribution in [0.25, 0.3) is 0 Å². The second-order valence-corrected chi connectivity index (χ2v) is 7.98. The van der Waals surface area contributed by atoms with Gasteiger partial charge in [0, 0.05) is 37.9 Å². The number of hydrogen-bond acceptors (Lipinski definition) is 6. The van der Waals surface area contributed by atoms with E-state index in [1.165, 1.54) is 6.20 Å². The van der Waals surface area contributed by atoms with Crippen LogP contribution in [-0.4, -0.2) is 40.4 Å².